The topological polar surface area (TPSA) is 102 Å². The Balaban J connectivity index is 1.68. The predicted octanol–water partition coefficient (Wildman–Crippen LogP) is 4.57. The number of aliphatic hydroxyl groups is 1. The lowest BCUT2D eigenvalue weighted by molar-refractivity contribution is -0.132. The molecule has 0 bridgehead atoms. The molecule has 1 saturated heterocycles. The Labute approximate surface area is 213 Å². The summed E-state index contributed by atoms with van der Waals surface area (Å²) in [6, 6.07) is 17.5. The number of benzene rings is 3. The monoisotopic (exact) mass is 499 g/mol. The van der Waals surface area contributed by atoms with Crippen LogP contribution in [0.3, 0.4) is 0 Å². The van der Waals surface area contributed by atoms with Gasteiger partial charge in [0.1, 0.15) is 23.0 Å². The molecule has 37 heavy (non-hydrogen) atoms. The minimum Gasteiger partial charge on any atom is -0.507 e. The Kier molecular flexibility index (Phi) is 6.40. The van der Waals surface area contributed by atoms with Gasteiger partial charge in [-0.3, -0.25) is 19.3 Å². The molecule has 2 aliphatic rings. The van der Waals surface area contributed by atoms with Gasteiger partial charge in [0.15, 0.2) is 0 Å². The van der Waals surface area contributed by atoms with Crippen molar-refractivity contribution in [2.75, 3.05) is 18.6 Å². The van der Waals surface area contributed by atoms with Crippen molar-refractivity contribution in [3.05, 3.63) is 89.0 Å². The van der Waals surface area contributed by atoms with Crippen LogP contribution >= 0.6 is 0 Å². The number of Topliss-reactive ketones (excluding diaryl/α,β-unsaturated/α-hetero) is 1. The van der Waals surface area contributed by atoms with Crippen molar-refractivity contribution in [3.63, 3.8) is 0 Å². The van der Waals surface area contributed by atoms with Gasteiger partial charge in [-0.15, -0.1) is 0 Å². The van der Waals surface area contributed by atoms with E-state index in [1.807, 2.05) is 0 Å². The van der Waals surface area contributed by atoms with Gasteiger partial charge in [-0.2, -0.15) is 0 Å². The number of anilines is 1. The number of aliphatic hydroxyl groups excluding tert-OH is 1. The second kappa shape index (κ2) is 9.81. The van der Waals surface area contributed by atoms with Crippen molar-refractivity contribution >= 4 is 29.1 Å². The molecule has 2 heterocycles. The number of esters is 1. The molecular formula is C29H25NO7. The van der Waals surface area contributed by atoms with Crippen LogP contribution in [0.2, 0.25) is 0 Å². The van der Waals surface area contributed by atoms with Crippen LogP contribution in [0.15, 0.2) is 72.3 Å². The largest absolute Gasteiger partial charge is 0.507 e. The molecular weight excluding hydrogens is 474 g/mol. The van der Waals surface area contributed by atoms with Gasteiger partial charge >= 0.3 is 5.97 Å². The molecule has 0 aliphatic carbocycles. The molecule has 8 nitrogen and oxygen atoms in total. The van der Waals surface area contributed by atoms with Crippen LogP contribution in [-0.4, -0.2) is 36.5 Å². The summed E-state index contributed by atoms with van der Waals surface area (Å²) >= 11 is 0. The number of hydrogen-bond acceptors (Lipinski definition) is 7. The maximum absolute atomic E-state index is 13.4. The van der Waals surface area contributed by atoms with Crippen molar-refractivity contribution in [3.8, 4) is 17.2 Å². The van der Waals surface area contributed by atoms with Crippen LogP contribution in [0.25, 0.3) is 5.76 Å². The summed E-state index contributed by atoms with van der Waals surface area (Å²) < 4.78 is 16.1. The Morgan fingerprint density at radius 3 is 2.54 bits per heavy atom. The summed E-state index contributed by atoms with van der Waals surface area (Å²) in [7, 11) is 1.53. The molecule has 3 aromatic carbocycles. The minimum atomic E-state index is -0.962. The van der Waals surface area contributed by atoms with E-state index in [2.05, 4.69) is 0 Å². The van der Waals surface area contributed by atoms with E-state index in [4.69, 9.17) is 14.2 Å². The van der Waals surface area contributed by atoms with Gasteiger partial charge < -0.3 is 19.3 Å². The highest BCUT2D eigenvalue weighted by Crippen LogP contribution is 2.43. The molecule has 1 fully saturated rings. The molecule has 3 aromatic rings. The van der Waals surface area contributed by atoms with Crippen LogP contribution < -0.4 is 19.1 Å². The van der Waals surface area contributed by atoms with Gasteiger partial charge in [-0.1, -0.05) is 12.1 Å². The Morgan fingerprint density at radius 2 is 1.81 bits per heavy atom. The third-order valence-electron chi connectivity index (χ3n) is 6.41. The molecule has 1 atom stereocenters. The van der Waals surface area contributed by atoms with E-state index in [0.29, 0.717) is 29.2 Å². The van der Waals surface area contributed by atoms with Crippen molar-refractivity contribution < 1.29 is 33.7 Å². The molecule has 1 N–H and O–H groups in total. The average Bonchev–Trinajstić information content (AvgIpc) is 3.18. The van der Waals surface area contributed by atoms with Crippen LogP contribution in [0.1, 0.15) is 36.1 Å². The zero-order chi connectivity index (χ0) is 26.1. The number of rotatable bonds is 5. The highest BCUT2D eigenvalue weighted by atomic mass is 16.5. The highest BCUT2D eigenvalue weighted by Gasteiger charge is 2.47. The Bertz CT molecular complexity index is 1420. The van der Waals surface area contributed by atoms with Crippen LogP contribution in [0, 0.1) is 0 Å². The van der Waals surface area contributed by atoms with E-state index in [9.17, 15) is 19.5 Å². The van der Waals surface area contributed by atoms with Gasteiger partial charge in [-0.25, -0.2) is 0 Å². The third-order valence-corrected chi connectivity index (χ3v) is 6.41. The van der Waals surface area contributed by atoms with E-state index in [-0.39, 0.29) is 17.1 Å². The highest BCUT2D eigenvalue weighted by molar-refractivity contribution is 6.51. The predicted molar refractivity (Wildman–Crippen MR) is 136 cm³/mol. The lowest BCUT2D eigenvalue weighted by Gasteiger charge is -2.26. The summed E-state index contributed by atoms with van der Waals surface area (Å²) in [5, 5.41) is 11.4. The quantitative estimate of drug-likeness (QED) is 0.180. The first-order chi connectivity index (χ1) is 17.9. The number of ketones is 1. The maximum atomic E-state index is 13.4. The van der Waals surface area contributed by atoms with Crippen molar-refractivity contribution in [2.45, 2.75) is 25.8 Å². The fraction of sp³-hybridized carbons (Fsp3) is 0.207. The molecule has 1 amide bonds. The van der Waals surface area contributed by atoms with E-state index >= 15 is 0 Å². The smallest absolute Gasteiger partial charge is 0.308 e. The van der Waals surface area contributed by atoms with Crippen LogP contribution in [0.4, 0.5) is 5.69 Å². The number of ether oxygens (including phenoxy) is 3. The van der Waals surface area contributed by atoms with E-state index < -0.39 is 23.7 Å². The lowest BCUT2D eigenvalue weighted by Crippen LogP contribution is -2.29. The van der Waals surface area contributed by atoms with Crippen molar-refractivity contribution in [1.82, 2.24) is 0 Å². The number of hydrogen-bond donors (Lipinski definition) is 1. The second-order valence-corrected chi connectivity index (χ2v) is 8.81. The van der Waals surface area contributed by atoms with Gasteiger partial charge in [-0.05, 0) is 78.6 Å². The normalized spacial score (nSPS) is 18.2. The van der Waals surface area contributed by atoms with Crippen LogP contribution in [-0.2, 0) is 20.8 Å². The molecule has 5 rings (SSSR count). The van der Waals surface area contributed by atoms with Gasteiger partial charge in [0.25, 0.3) is 11.7 Å². The molecule has 0 radical (unpaired) electrons. The molecule has 0 aromatic heterocycles. The molecule has 0 saturated carbocycles. The van der Waals surface area contributed by atoms with E-state index in [1.54, 1.807) is 66.7 Å². The maximum Gasteiger partial charge on any atom is 0.308 e. The SMILES string of the molecule is COc1ccc(N2C(=O)C(=O)/C(=C(\O)c3ccc4c(c3)CCCO4)C2c2cccc(OC(C)=O)c2)cc1. The summed E-state index contributed by atoms with van der Waals surface area (Å²) in [5.41, 5.74) is 2.23. The first kappa shape index (κ1) is 24.1. The van der Waals surface area contributed by atoms with E-state index in [1.165, 1.54) is 18.9 Å². The van der Waals surface area contributed by atoms with Crippen molar-refractivity contribution in [2.24, 2.45) is 0 Å². The molecule has 188 valence electrons. The number of amides is 1. The number of nitrogens with zero attached hydrogens (tertiary/aromatic N) is 1. The summed E-state index contributed by atoms with van der Waals surface area (Å²) in [4.78, 5) is 39.7. The van der Waals surface area contributed by atoms with Crippen molar-refractivity contribution in [1.29, 1.82) is 0 Å². The first-order valence-corrected chi connectivity index (χ1v) is 11.9. The number of methoxy groups -OCH3 is 1. The van der Waals surface area contributed by atoms with Gasteiger partial charge in [0, 0.05) is 18.2 Å². The molecule has 1 unspecified atom stereocenters. The Hall–Kier alpha value is -4.59. The van der Waals surface area contributed by atoms with E-state index in [0.717, 1.165) is 24.2 Å². The van der Waals surface area contributed by atoms with Gasteiger partial charge in [0.2, 0.25) is 0 Å². The zero-order valence-electron chi connectivity index (χ0n) is 20.4. The number of aryl methyl sites for hydroxylation is 1. The third kappa shape index (κ3) is 4.53. The number of carbonyl (C=O) groups excluding carboxylic acids is 3. The fourth-order valence-electron chi connectivity index (χ4n) is 4.73. The molecule has 8 heteroatoms. The number of carbonyl (C=O) groups is 3. The zero-order valence-corrected chi connectivity index (χ0v) is 20.4. The lowest BCUT2D eigenvalue weighted by atomic mass is 9.93. The standard InChI is InChI=1S/C29H25NO7/c1-17(31)37-23-7-3-5-19(16-23)26-25(27(32)20-8-13-24-18(15-20)6-4-14-36-24)28(33)29(34)30(26)21-9-11-22(35-2)12-10-21/h3,5,7-13,15-16,26,32H,4,6,14H2,1-2H3/b27-25-. The van der Waals surface area contributed by atoms with Gasteiger partial charge in [0.05, 0.1) is 25.3 Å². The first-order valence-electron chi connectivity index (χ1n) is 11.9. The molecule has 0 spiro atoms. The van der Waals surface area contributed by atoms with Crippen LogP contribution in [0.5, 0.6) is 17.2 Å². The molecule has 2 aliphatic heterocycles. The summed E-state index contributed by atoms with van der Waals surface area (Å²) in [5.74, 6) is -0.794. The minimum absolute atomic E-state index is 0.0579. The number of fused-ring (bicyclic) bond motifs is 1. The summed E-state index contributed by atoms with van der Waals surface area (Å²) in [6.45, 7) is 1.92. The fourth-order valence-corrected chi connectivity index (χ4v) is 4.73. The second-order valence-electron chi connectivity index (χ2n) is 8.81. The summed E-state index contributed by atoms with van der Waals surface area (Å²) in [6.07, 6.45) is 1.63. The Morgan fingerprint density at radius 1 is 1.03 bits per heavy atom. The average molecular weight is 500 g/mol.